The van der Waals surface area contributed by atoms with Crippen LogP contribution in [0.25, 0.3) is 10.9 Å². The molecule has 3 aromatic rings. The quantitative estimate of drug-likeness (QED) is 0.174. The van der Waals surface area contributed by atoms with Crippen molar-refractivity contribution in [2.45, 2.75) is 84.2 Å². The van der Waals surface area contributed by atoms with Gasteiger partial charge < -0.3 is 14.3 Å². The maximum Gasteiger partial charge on any atom is 0.300 e. The molecule has 2 heterocycles. The van der Waals surface area contributed by atoms with Crippen molar-refractivity contribution in [3.05, 3.63) is 53.2 Å². The van der Waals surface area contributed by atoms with Crippen LogP contribution in [0.1, 0.15) is 64.0 Å². The molecule has 1 aromatic carbocycles. The van der Waals surface area contributed by atoms with Gasteiger partial charge in [-0.25, -0.2) is 14.4 Å². The van der Waals surface area contributed by atoms with Crippen molar-refractivity contribution in [3.8, 4) is 0 Å². The second kappa shape index (κ2) is 12.1. The Morgan fingerprint density at radius 2 is 1.74 bits per heavy atom. The van der Waals surface area contributed by atoms with E-state index in [-0.39, 0.29) is 12.0 Å². The van der Waals surface area contributed by atoms with Crippen molar-refractivity contribution >= 4 is 37.6 Å². The molecule has 0 radical (unpaired) electrons. The molecule has 6 nitrogen and oxygen atoms in total. The Morgan fingerprint density at radius 3 is 2.31 bits per heavy atom. The second-order valence-corrected chi connectivity index (χ2v) is 18.4. The summed E-state index contributed by atoms with van der Waals surface area (Å²) in [5.74, 6) is -3.63. The number of hydrogen-bond donors (Lipinski definition) is 1. The smallest absolute Gasteiger partial charge is 0.300 e. The van der Waals surface area contributed by atoms with Crippen LogP contribution in [0.3, 0.4) is 0 Å². The molecule has 0 saturated heterocycles. The third-order valence-corrected chi connectivity index (χ3v) is 13.5. The lowest BCUT2D eigenvalue weighted by molar-refractivity contribution is -0.110. The molecule has 2 aromatic heterocycles. The molecule has 0 aliphatic heterocycles. The summed E-state index contributed by atoms with van der Waals surface area (Å²) in [7, 11) is -5.01. The van der Waals surface area contributed by atoms with E-state index in [1.54, 1.807) is 40.2 Å². The summed E-state index contributed by atoms with van der Waals surface area (Å²) in [5.41, 5.74) is 0.373. The fraction of sp³-hybridized carbons (Fsp3) is 0.536. The zero-order valence-electron chi connectivity index (χ0n) is 24.1. The highest BCUT2D eigenvalue weighted by atomic mass is 31.2. The summed E-state index contributed by atoms with van der Waals surface area (Å²) < 4.78 is 66.4. The van der Waals surface area contributed by atoms with Gasteiger partial charge in [0, 0.05) is 10.9 Å². The molecule has 0 aliphatic carbocycles. The van der Waals surface area contributed by atoms with Gasteiger partial charge in [-0.15, -0.1) is 0 Å². The molecule has 11 heteroatoms. The Morgan fingerprint density at radius 1 is 1.10 bits per heavy atom. The van der Waals surface area contributed by atoms with E-state index in [0.717, 1.165) is 24.2 Å². The van der Waals surface area contributed by atoms with Gasteiger partial charge in [-0.05, 0) is 63.9 Å². The molecule has 1 unspecified atom stereocenters. The number of hydrogen-bond acceptors (Lipinski definition) is 6. The molecular formula is C28H40F3N4O2PSi. The number of nitrogens with zero attached hydrogens (tertiary/aromatic N) is 3. The average molecular weight is 581 g/mol. The first-order valence-corrected chi connectivity index (χ1v) is 18.7. The highest BCUT2D eigenvalue weighted by molar-refractivity contribution is 7.69. The number of fused-ring (bicyclic) bond motifs is 1. The first-order valence-electron chi connectivity index (χ1n) is 13.5. The van der Waals surface area contributed by atoms with Gasteiger partial charge in [-0.1, -0.05) is 39.8 Å². The van der Waals surface area contributed by atoms with Gasteiger partial charge >= 0.3 is 0 Å². The van der Waals surface area contributed by atoms with Crippen LogP contribution in [-0.2, 0) is 14.9 Å². The van der Waals surface area contributed by atoms with Gasteiger partial charge in [0.15, 0.2) is 8.32 Å². The number of pyridine rings is 1. The molecule has 0 spiro atoms. The lowest BCUT2D eigenvalue weighted by Gasteiger charge is -2.37. The topological polar surface area (TPSA) is 77.0 Å². The lowest BCUT2D eigenvalue weighted by atomic mass is 9.96. The maximum absolute atomic E-state index is 15.9. The molecule has 1 N–H and O–H groups in total. The standard InChI is InChI=1S/C28H40F3N4O2PSi/c1-9-24(37-39(10-2,11-3)12-4)28(30,31)22-15-13-14-20(26(22)29)18(5)33-27-21-16-25(38(7,8)36)32-17-23(21)34-19(6)35-27/h13-18,24H,9-12H2,1-8H3,(H,33,34,35)/t18-,24?/m1/s1. The second-order valence-electron chi connectivity index (χ2n) is 10.5. The third-order valence-electron chi connectivity index (χ3n) is 7.54. The van der Waals surface area contributed by atoms with Gasteiger partial charge in [-0.2, -0.15) is 8.78 Å². The number of benzene rings is 1. The number of nitrogens with one attached hydrogen (secondary N) is 1. The SMILES string of the molecule is CCC(O[Si](CC)(CC)CC)C(F)(F)c1cccc([C@@H](C)Nc2nc(C)nc3cnc(P(C)(C)=O)cc23)c1F. The normalized spacial score (nSPS) is 14.4. The van der Waals surface area contributed by atoms with E-state index in [2.05, 4.69) is 20.3 Å². The Bertz CT molecular complexity index is 1360. The summed E-state index contributed by atoms with van der Waals surface area (Å²) in [4.78, 5) is 13.2. The van der Waals surface area contributed by atoms with E-state index in [1.165, 1.54) is 18.3 Å². The average Bonchev–Trinajstić information content (AvgIpc) is 2.88. The molecule has 214 valence electrons. The van der Waals surface area contributed by atoms with Crippen molar-refractivity contribution in [3.63, 3.8) is 0 Å². The van der Waals surface area contributed by atoms with Gasteiger partial charge in [0.05, 0.1) is 23.3 Å². The number of alkyl halides is 2. The Hall–Kier alpha value is -2.29. The molecule has 2 atom stereocenters. The Labute approximate surface area is 230 Å². The summed E-state index contributed by atoms with van der Waals surface area (Å²) in [6.07, 6.45) is 0.198. The lowest BCUT2D eigenvalue weighted by Crippen LogP contribution is -2.46. The molecule has 0 saturated carbocycles. The van der Waals surface area contributed by atoms with E-state index in [1.807, 2.05) is 20.8 Å². The van der Waals surface area contributed by atoms with E-state index in [9.17, 15) is 4.57 Å². The number of aryl methyl sites for hydroxylation is 1. The van der Waals surface area contributed by atoms with Crippen LogP contribution >= 0.6 is 7.14 Å². The third kappa shape index (κ3) is 6.55. The molecule has 0 fully saturated rings. The van der Waals surface area contributed by atoms with E-state index in [0.29, 0.717) is 28.0 Å². The fourth-order valence-corrected chi connectivity index (χ4v) is 8.55. The predicted octanol–water partition coefficient (Wildman–Crippen LogP) is 7.79. The zero-order chi connectivity index (χ0) is 29.2. The number of aromatic nitrogens is 3. The van der Waals surface area contributed by atoms with Crippen molar-refractivity contribution in [2.24, 2.45) is 0 Å². The minimum absolute atomic E-state index is 0.0699. The van der Waals surface area contributed by atoms with Crippen molar-refractivity contribution < 1.29 is 22.2 Å². The van der Waals surface area contributed by atoms with Crippen LogP contribution in [0.15, 0.2) is 30.5 Å². The molecule has 0 aliphatic rings. The molecule has 3 rings (SSSR count). The summed E-state index contributed by atoms with van der Waals surface area (Å²) in [6, 6.07) is 7.23. The zero-order valence-corrected chi connectivity index (χ0v) is 26.0. The minimum Gasteiger partial charge on any atom is -0.407 e. The van der Waals surface area contributed by atoms with Gasteiger partial charge in [0.2, 0.25) is 0 Å². The first kappa shape index (κ1) is 31.2. The molecule has 0 amide bonds. The monoisotopic (exact) mass is 580 g/mol. The Kier molecular flexibility index (Phi) is 9.66. The van der Waals surface area contributed by atoms with Crippen LogP contribution in [0, 0.1) is 12.7 Å². The molecule has 39 heavy (non-hydrogen) atoms. The summed E-state index contributed by atoms with van der Waals surface area (Å²) >= 11 is 0. The van der Waals surface area contributed by atoms with E-state index < -0.39 is 44.9 Å². The number of anilines is 1. The summed E-state index contributed by atoms with van der Waals surface area (Å²) in [5, 5.41) is 3.74. The molecule has 0 bridgehead atoms. The van der Waals surface area contributed by atoms with Crippen LogP contribution in [0.2, 0.25) is 18.1 Å². The Balaban J connectivity index is 2.01. The van der Waals surface area contributed by atoms with Crippen molar-refractivity contribution in [1.82, 2.24) is 15.0 Å². The summed E-state index contributed by atoms with van der Waals surface area (Å²) in [6.45, 7) is 14.2. The predicted molar refractivity (Wildman–Crippen MR) is 156 cm³/mol. The fourth-order valence-electron chi connectivity index (χ4n) is 4.86. The van der Waals surface area contributed by atoms with Gasteiger partial charge in [-0.3, -0.25) is 4.98 Å². The highest BCUT2D eigenvalue weighted by Gasteiger charge is 2.47. The van der Waals surface area contributed by atoms with Gasteiger partial charge in [0.1, 0.15) is 36.1 Å². The number of halogens is 3. The largest absolute Gasteiger partial charge is 0.407 e. The van der Waals surface area contributed by atoms with Crippen LogP contribution in [0.4, 0.5) is 19.0 Å². The minimum atomic E-state index is -3.51. The van der Waals surface area contributed by atoms with Crippen molar-refractivity contribution in [1.29, 1.82) is 0 Å². The van der Waals surface area contributed by atoms with Gasteiger partial charge in [0.25, 0.3) is 5.92 Å². The maximum atomic E-state index is 15.9. The van der Waals surface area contributed by atoms with E-state index >= 15 is 13.2 Å². The highest BCUT2D eigenvalue weighted by Crippen LogP contribution is 2.41. The van der Waals surface area contributed by atoms with Crippen LogP contribution in [-0.4, -0.2) is 42.7 Å². The van der Waals surface area contributed by atoms with Crippen molar-refractivity contribution in [2.75, 3.05) is 18.6 Å². The van der Waals surface area contributed by atoms with Crippen LogP contribution < -0.4 is 10.8 Å². The first-order chi connectivity index (χ1) is 18.2. The molecular weight excluding hydrogens is 540 g/mol. The van der Waals surface area contributed by atoms with Crippen LogP contribution in [0.5, 0.6) is 0 Å². The number of rotatable bonds is 12. The van der Waals surface area contributed by atoms with E-state index in [4.69, 9.17) is 4.43 Å².